The monoisotopic (exact) mass is 305 g/mol. The maximum atomic E-state index is 12.2. The van der Waals surface area contributed by atoms with Crippen molar-refractivity contribution < 1.29 is 19.4 Å². The molecule has 120 valence electrons. The molecule has 1 aromatic rings. The van der Waals surface area contributed by atoms with Crippen LogP contribution >= 0.6 is 0 Å². The molecule has 1 saturated heterocycles. The van der Waals surface area contributed by atoms with E-state index in [2.05, 4.69) is 0 Å². The molecule has 0 saturated carbocycles. The molecule has 5 nitrogen and oxygen atoms in total. The first-order valence-corrected chi connectivity index (χ1v) is 7.48. The van der Waals surface area contributed by atoms with E-state index in [0.717, 1.165) is 5.56 Å². The Morgan fingerprint density at radius 1 is 1.50 bits per heavy atom. The number of aromatic hydroxyl groups is 1. The van der Waals surface area contributed by atoms with E-state index >= 15 is 0 Å². The molecule has 1 N–H and O–H groups in total. The summed E-state index contributed by atoms with van der Waals surface area (Å²) in [4.78, 5) is 14.0. The van der Waals surface area contributed by atoms with Gasteiger partial charge in [0.1, 0.15) is 0 Å². The number of amides is 1. The van der Waals surface area contributed by atoms with Crippen LogP contribution in [0.3, 0.4) is 0 Å². The second kappa shape index (κ2) is 6.83. The average Bonchev–Trinajstić information content (AvgIpc) is 2.47. The highest BCUT2D eigenvalue weighted by Crippen LogP contribution is 2.27. The molecule has 1 aliphatic heterocycles. The molecule has 5 heteroatoms. The fourth-order valence-electron chi connectivity index (χ4n) is 2.38. The van der Waals surface area contributed by atoms with Gasteiger partial charge in [-0.15, -0.1) is 0 Å². The molecular weight excluding hydrogens is 282 g/mol. The van der Waals surface area contributed by atoms with Gasteiger partial charge in [-0.05, 0) is 44.5 Å². The van der Waals surface area contributed by atoms with Crippen molar-refractivity contribution in [1.82, 2.24) is 4.90 Å². The lowest BCUT2D eigenvalue weighted by atomic mass is 10.1. The maximum Gasteiger partial charge on any atom is 0.246 e. The van der Waals surface area contributed by atoms with Crippen LogP contribution in [0.15, 0.2) is 24.3 Å². The number of carbonyl (C=O) groups excluding carboxylic acids is 1. The third kappa shape index (κ3) is 4.24. The number of hydrogen-bond donors (Lipinski definition) is 1. The normalized spacial score (nSPS) is 17.7. The van der Waals surface area contributed by atoms with Crippen LogP contribution in [0, 0.1) is 0 Å². The van der Waals surface area contributed by atoms with Crippen LogP contribution in [0.4, 0.5) is 0 Å². The van der Waals surface area contributed by atoms with E-state index < -0.39 is 0 Å². The fourth-order valence-corrected chi connectivity index (χ4v) is 2.38. The fraction of sp³-hybridized carbons (Fsp3) is 0.471. The Bertz CT molecular complexity index is 566. The van der Waals surface area contributed by atoms with Crippen LogP contribution in [0.2, 0.25) is 0 Å². The van der Waals surface area contributed by atoms with Crippen molar-refractivity contribution in [1.29, 1.82) is 0 Å². The molecule has 1 heterocycles. The minimum absolute atomic E-state index is 0.0394. The van der Waals surface area contributed by atoms with E-state index in [9.17, 15) is 9.90 Å². The van der Waals surface area contributed by atoms with Crippen molar-refractivity contribution in [2.24, 2.45) is 0 Å². The lowest BCUT2D eigenvalue weighted by Gasteiger charge is -2.37. The van der Waals surface area contributed by atoms with Gasteiger partial charge in [0.25, 0.3) is 0 Å². The molecule has 0 spiro atoms. The molecule has 0 atom stereocenters. The van der Waals surface area contributed by atoms with Gasteiger partial charge in [0, 0.05) is 19.2 Å². The van der Waals surface area contributed by atoms with Gasteiger partial charge < -0.3 is 19.5 Å². The van der Waals surface area contributed by atoms with Crippen LogP contribution < -0.4 is 4.74 Å². The number of phenolic OH excluding ortho intramolecular Hbond substituents is 1. The number of ether oxygens (including phenoxy) is 2. The predicted octanol–water partition coefficient (Wildman–Crippen LogP) is 2.44. The Hall–Kier alpha value is -2.01. The van der Waals surface area contributed by atoms with E-state index in [-0.39, 0.29) is 17.3 Å². The lowest BCUT2D eigenvalue weighted by molar-refractivity contribution is -0.140. The summed E-state index contributed by atoms with van der Waals surface area (Å²) in [6, 6.07) is 5.02. The second-order valence-electron chi connectivity index (χ2n) is 5.86. The van der Waals surface area contributed by atoms with Crippen molar-refractivity contribution in [2.45, 2.75) is 26.4 Å². The highest BCUT2D eigenvalue weighted by atomic mass is 16.5. The van der Waals surface area contributed by atoms with Gasteiger partial charge in [-0.25, -0.2) is 0 Å². The van der Waals surface area contributed by atoms with Gasteiger partial charge in [0.05, 0.1) is 18.8 Å². The first-order valence-electron chi connectivity index (χ1n) is 7.48. The van der Waals surface area contributed by atoms with Crippen LogP contribution in [0.5, 0.6) is 11.5 Å². The van der Waals surface area contributed by atoms with E-state index in [0.29, 0.717) is 32.1 Å². The molecule has 2 rings (SSSR count). The summed E-state index contributed by atoms with van der Waals surface area (Å²) in [7, 11) is 0. The summed E-state index contributed by atoms with van der Waals surface area (Å²) >= 11 is 0. The molecule has 0 bridgehead atoms. The summed E-state index contributed by atoms with van der Waals surface area (Å²) < 4.78 is 10.9. The molecular formula is C17H23NO4. The molecule has 1 aromatic carbocycles. The highest BCUT2D eigenvalue weighted by Gasteiger charge is 2.28. The smallest absolute Gasteiger partial charge is 0.246 e. The van der Waals surface area contributed by atoms with Crippen molar-refractivity contribution in [3.05, 3.63) is 29.8 Å². The molecule has 0 unspecified atom stereocenters. The highest BCUT2D eigenvalue weighted by molar-refractivity contribution is 5.92. The van der Waals surface area contributed by atoms with Crippen molar-refractivity contribution >= 4 is 12.0 Å². The molecule has 0 aliphatic carbocycles. The third-order valence-electron chi connectivity index (χ3n) is 3.44. The van der Waals surface area contributed by atoms with Gasteiger partial charge in [-0.2, -0.15) is 0 Å². The Morgan fingerprint density at radius 2 is 2.27 bits per heavy atom. The average molecular weight is 305 g/mol. The Kier molecular flexibility index (Phi) is 5.08. The van der Waals surface area contributed by atoms with Crippen molar-refractivity contribution in [3.8, 4) is 11.5 Å². The summed E-state index contributed by atoms with van der Waals surface area (Å²) in [5.74, 6) is 0.479. The summed E-state index contributed by atoms with van der Waals surface area (Å²) in [6.07, 6.45) is 3.27. The summed E-state index contributed by atoms with van der Waals surface area (Å²) in [6.45, 7) is 8.02. The summed E-state index contributed by atoms with van der Waals surface area (Å²) in [5.41, 5.74) is 0.504. The van der Waals surface area contributed by atoms with Crippen LogP contribution in [-0.2, 0) is 9.53 Å². The molecule has 1 aliphatic rings. The molecule has 0 radical (unpaired) electrons. The Labute approximate surface area is 131 Å². The largest absolute Gasteiger partial charge is 0.504 e. The quantitative estimate of drug-likeness (QED) is 0.868. The number of morpholine rings is 1. The molecule has 22 heavy (non-hydrogen) atoms. The zero-order valence-corrected chi connectivity index (χ0v) is 13.3. The predicted molar refractivity (Wildman–Crippen MR) is 84.9 cm³/mol. The van der Waals surface area contributed by atoms with Gasteiger partial charge in [-0.1, -0.05) is 6.07 Å². The van der Waals surface area contributed by atoms with Crippen molar-refractivity contribution in [3.63, 3.8) is 0 Å². The minimum atomic E-state index is -0.303. The SMILES string of the molecule is CCOc1cc(/C=C/C(=O)N2CCOC(C)(C)C2)ccc1O. The first kappa shape index (κ1) is 16.4. The van der Waals surface area contributed by atoms with E-state index in [1.807, 2.05) is 20.8 Å². The topological polar surface area (TPSA) is 59.0 Å². The standard InChI is InChI=1S/C17H23NO4/c1-4-21-15-11-13(5-7-14(15)19)6-8-16(20)18-9-10-22-17(2,3)12-18/h5-8,11,19H,4,9-10,12H2,1-3H3/b8-6+. The lowest BCUT2D eigenvalue weighted by Crippen LogP contribution is -2.50. The second-order valence-corrected chi connectivity index (χ2v) is 5.86. The van der Waals surface area contributed by atoms with Crippen LogP contribution in [-0.4, -0.2) is 47.8 Å². The zero-order chi connectivity index (χ0) is 16.2. The summed E-state index contributed by atoms with van der Waals surface area (Å²) in [5, 5.41) is 9.67. The minimum Gasteiger partial charge on any atom is -0.504 e. The number of carbonyl (C=O) groups is 1. The molecule has 0 aromatic heterocycles. The number of phenols is 1. The van der Waals surface area contributed by atoms with Crippen molar-refractivity contribution in [2.75, 3.05) is 26.3 Å². The number of nitrogens with zero attached hydrogens (tertiary/aromatic N) is 1. The maximum absolute atomic E-state index is 12.2. The molecule has 1 amide bonds. The Morgan fingerprint density at radius 3 is 2.95 bits per heavy atom. The van der Waals surface area contributed by atoms with E-state index in [1.54, 1.807) is 35.3 Å². The van der Waals surface area contributed by atoms with Gasteiger partial charge in [0.15, 0.2) is 11.5 Å². The first-order chi connectivity index (χ1) is 10.4. The Balaban J connectivity index is 2.05. The molecule has 1 fully saturated rings. The number of benzene rings is 1. The van der Waals surface area contributed by atoms with Crippen LogP contribution in [0.25, 0.3) is 6.08 Å². The van der Waals surface area contributed by atoms with Gasteiger partial charge in [0.2, 0.25) is 5.91 Å². The van der Waals surface area contributed by atoms with Gasteiger partial charge in [-0.3, -0.25) is 4.79 Å². The van der Waals surface area contributed by atoms with Crippen LogP contribution in [0.1, 0.15) is 26.3 Å². The van der Waals surface area contributed by atoms with Gasteiger partial charge >= 0.3 is 0 Å². The van der Waals surface area contributed by atoms with E-state index in [1.165, 1.54) is 0 Å². The van der Waals surface area contributed by atoms with E-state index in [4.69, 9.17) is 9.47 Å². The third-order valence-corrected chi connectivity index (χ3v) is 3.44. The zero-order valence-electron chi connectivity index (χ0n) is 13.3. The number of hydrogen-bond acceptors (Lipinski definition) is 4. The number of rotatable bonds is 4.